The number of nitrogens with two attached hydrogens (primary N) is 1. The summed E-state index contributed by atoms with van der Waals surface area (Å²) in [5.41, 5.74) is 9.26. The van der Waals surface area contributed by atoms with Crippen LogP contribution in [0.1, 0.15) is 46.2 Å². The summed E-state index contributed by atoms with van der Waals surface area (Å²) in [4.78, 5) is 34.8. The summed E-state index contributed by atoms with van der Waals surface area (Å²) in [6, 6.07) is 8.73. The average molecular weight is 381 g/mol. The van der Waals surface area contributed by atoms with Gasteiger partial charge in [-0.1, -0.05) is 0 Å². The molecule has 7 heteroatoms. The SMILES string of the molecule is Cc1cc(/C=C/C(=O)OCC(=O)Nc2ccc(C(N)=O)cc2)c(C)n1C1CC1. The van der Waals surface area contributed by atoms with Crippen molar-refractivity contribution in [3.8, 4) is 0 Å². The molecule has 1 aromatic heterocycles. The summed E-state index contributed by atoms with van der Waals surface area (Å²) in [6.07, 6.45) is 5.43. The minimum atomic E-state index is -0.588. The summed E-state index contributed by atoms with van der Waals surface area (Å²) < 4.78 is 7.27. The van der Waals surface area contributed by atoms with E-state index in [9.17, 15) is 14.4 Å². The molecule has 1 aliphatic rings. The molecule has 1 fully saturated rings. The first-order valence-corrected chi connectivity index (χ1v) is 9.08. The number of anilines is 1. The second kappa shape index (κ2) is 8.12. The molecule has 0 unspecified atom stereocenters. The third-order valence-electron chi connectivity index (χ3n) is 4.63. The van der Waals surface area contributed by atoms with Crippen molar-refractivity contribution in [2.24, 2.45) is 5.73 Å². The van der Waals surface area contributed by atoms with E-state index in [2.05, 4.69) is 16.8 Å². The number of esters is 1. The Balaban J connectivity index is 1.50. The third-order valence-corrected chi connectivity index (χ3v) is 4.63. The predicted octanol–water partition coefficient (Wildman–Crippen LogP) is 2.73. The Bertz CT molecular complexity index is 937. The van der Waals surface area contributed by atoms with Crippen LogP contribution in [-0.4, -0.2) is 29.0 Å². The molecular weight excluding hydrogens is 358 g/mol. The molecule has 3 rings (SSSR count). The summed E-state index contributed by atoms with van der Waals surface area (Å²) >= 11 is 0. The van der Waals surface area contributed by atoms with E-state index in [1.807, 2.05) is 13.0 Å². The molecule has 0 bridgehead atoms. The Hall–Kier alpha value is -3.35. The van der Waals surface area contributed by atoms with E-state index in [4.69, 9.17) is 10.5 Å². The number of aryl methyl sites for hydroxylation is 1. The van der Waals surface area contributed by atoms with Gasteiger partial charge in [0.05, 0.1) is 0 Å². The Morgan fingerprint density at radius 2 is 1.89 bits per heavy atom. The zero-order chi connectivity index (χ0) is 20.3. The lowest BCUT2D eigenvalue weighted by Crippen LogP contribution is -2.20. The number of ether oxygens (including phenoxy) is 1. The molecule has 1 saturated carbocycles. The van der Waals surface area contributed by atoms with Crippen molar-refractivity contribution in [1.29, 1.82) is 0 Å². The predicted molar refractivity (Wildman–Crippen MR) is 106 cm³/mol. The highest BCUT2D eigenvalue weighted by atomic mass is 16.5. The number of amides is 2. The number of nitrogens with zero attached hydrogens (tertiary/aromatic N) is 1. The number of benzene rings is 1. The smallest absolute Gasteiger partial charge is 0.331 e. The fourth-order valence-electron chi connectivity index (χ4n) is 3.12. The van der Waals surface area contributed by atoms with Crippen LogP contribution in [-0.2, 0) is 14.3 Å². The summed E-state index contributed by atoms with van der Waals surface area (Å²) in [7, 11) is 0. The minimum absolute atomic E-state index is 0.343. The highest BCUT2D eigenvalue weighted by Crippen LogP contribution is 2.38. The highest BCUT2D eigenvalue weighted by molar-refractivity contribution is 5.96. The van der Waals surface area contributed by atoms with Crippen LogP contribution in [0.4, 0.5) is 5.69 Å². The average Bonchev–Trinajstić information content (AvgIpc) is 3.44. The van der Waals surface area contributed by atoms with Gasteiger partial charge in [0.1, 0.15) is 0 Å². The maximum atomic E-state index is 11.9. The highest BCUT2D eigenvalue weighted by Gasteiger charge is 2.26. The number of hydrogen-bond acceptors (Lipinski definition) is 4. The monoisotopic (exact) mass is 381 g/mol. The van der Waals surface area contributed by atoms with E-state index >= 15 is 0 Å². The van der Waals surface area contributed by atoms with Crippen molar-refractivity contribution < 1.29 is 19.1 Å². The van der Waals surface area contributed by atoms with Crippen LogP contribution in [0.25, 0.3) is 6.08 Å². The Labute approximate surface area is 163 Å². The molecule has 7 nitrogen and oxygen atoms in total. The topological polar surface area (TPSA) is 103 Å². The first kappa shape index (κ1) is 19.4. The Morgan fingerprint density at radius 1 is 1.21 bits per heavy atom. The minimum Gasteiger partial charge on any atom is -0.452 e. The molecule has 28 heavy (non-hydrogen) atoms. The van der Waals surface area contributed by atoms with Crippen molar-refractivity contribution in [2.75, 3.05) is 11.9 Å². The fourth-order valence-corrected chi connectivity index (χ4v) is 3.12. The van der Waals surface area contributed by atoms with Gasteiger partial charge < -0.3 is 20.4 Å². The van der Waals surface area contributed by atoms with Crippen molar-refractivity contribution in [2.45, 2.75) is 32.7 Å². The van der Waals surface area contributed by atoms with Crippen LogP contribution in [0.3, 0.4) is 0 Å². The molecule has 3 N–H and O–H groups in total. The molecule has 1 heterocycles. The van der Waals surface area contributed by atoms with E-state index in [1.54, 1.807) is 18.2 Å². The van der Waals surface area contributed by atoms with Gasteiger partial charge in [-0.25, -0.2) is 4.79 Å². The number of carbonyl (C=O) groups excluding carboxylic acids is 3. The number of rotatable bonds is 7. The van der Waals surface area contributed by atoms with Gasteiger partial charge in [-0.2, -0.15) is 0 Å². The second-order valence-electron chi connectivity index (χ2n) is 6.86. The molecule has 0 aliphatic heterocycles. The Morgan fingerprint density at radius 3 is 2.50 bits per heavy atom. The number of hydrogen-bond donors (Lipinski definition) is 2. The van der Waals surface area contributed by atoms with E-state index in [0.29, 0.717) is 17.3 Å². The van der Waals surface area contributed by atoms with Crippen molar-refractivity contribution in [1.82, 2.24) is 4.57 Å². The van der Waals surface area contributed by atoms with E-state index < -0.39 is 24.4 Å². The van der Waals surface area contributed by atoms with Crippen LogP contribution in [0, 0.1) is 13.8 Å². The summed E-state index contributed by atoms with van der Waals surface area (Å²) in [5, 5.41) is 2.58. The number of aromatic nitrogens is 1. The lowest BCUT2D eigenvalue weighted by atomic mass is 10.2. The molecule has 2 aromatic rings. The molecule has 0 saturated heterocycles. The standard InChI is InChI=1S/C21H23N3O4/c1-13-11-16(14(2)24(13)18-8-9-18)5-10-20(26)28-12-19(25)23-17-6-3-15(4-7-17)21(22)27/h3-7,10-11,18H,8-9,12H2,1-2H3,(H2,22,27)(H,23,25)/b10-5+. The summed E-state index contributed by atoms with van der Waals surface area (Å²) in [5.74, 6) is -1.60. The number of carbonyl (C=O) groups is 3. The van der Waals surface area contributed by atoms with E-state index in [0.717, 1.165) is 11.3 Å². The van der Waals surface area contributed by atoms with Crippen LogP contribution in [0.2, 0.25) is 0 Å². The fraction of sp³-hybridized carbons (Fsp3) is 0.286. The number of primary amides is 1. The van der Waals surface area contributed by atoms with E-state index in [-0.39, 0.29) is 0 Å². The lowest BCUT2D eigenvalue weighted by Gasteiger charge is -2.06. The van der Waals surface area contributed by atoms with Gasteiger partial charge in [-0.3, -0.25) is 9.59 Å². The quantitative estimate of drug-likeness (QED) is 0.568. The molecular formula is C21H23N3O4. The molecule has 0 atom stereocenters. The van der Waals surface area contributed by atoms with Crippen LogP contribution in [0.15, 0.2) is 36.4 Å². The van der Waals surface area contributed by atoms with Crippen LogP contribution >= 0.6 is 0 Å². The normalized spacial score (nSPS) is 13.5. The maximum Gasteiger partial charge on any atom is 0.331 e. The zero-order valence-electron chi connectivity index (χ0n) is 15.9. The molecule has 0 radical (unpaired) electrons. The number of nitrogens with one attached hydrogen (secondary N) is 1. The van der Waals surface area contributed by atoms with Gasteiger partial charge in [-0.15, -0.1) is 0 Å². The largest absolute Gasteiger partial charge is 0.452 e. The zero-order valence-corrected chi connectivity index (χ0v) is 15.9. The van der Waals surface area contributed by atoms with Crippen LogP contribution in [0.5, 0.6) is 0 Å². The molecule has 0 spiro atoms. The first-order valence-electron chi connectivity index (χ1n) is 9.08. The van der Waals surface area contributed by atoms with Gasteiger partial charge >= 0.3 is 5.97 Å². The van der Waals surface area contributed by atoms with E-state index in [1.165, 1.54) is 36.7 Å². The second-order valence-corrected chi connectivity index (χ2v) is 6.86. The lowest BCUT2D eigenvalue weighted by molar-refractivity contribution is -0.142. The molecule has 1 aromatic carbocycles. The van der Waals surface area contributed by atoms with Crippen molar-refractivity contribution in [3.63, 3.8) is 0 Å². The Kier molecular flexibility index (Phi) is 5.63. The van der Waals surface area contributed by atoms with Gasteiger partial charge in [0.2, 0.25) is 5.91 Å². The van der Waals surface area contributed by atoms with Gasteiger partial charge in [0.25, 0.3) is 5.91 Å². The molecule has 1 aliphatic carbocycles. The van der Waals surface area contributed by atoms with Gasteiger partial charge in [-0.05, 0) is 68.7 Å². The molecule has 2 amide bonds. The molecule has 146 valence electrons. The van der Waals surface area contributed by atoms with Crippen molar-refractivity contribution >= 4 is 29.5 Å². The van der Waals surface area contributed by atoms with Crippen LogP contribution < -0.4 is 11.1 Å². The van der Waals surface area contributed by atoms with Gasteiger partial charge in [0.15, 0.2) is 6.61 Å². The maximum absolute atomic E-state index is 11.9. The summed E-state index contributed by atoms with van der Waals surface area (Å²) in [6.45, 7) is 3.69. The van der Waals surface area contributed by atoms with Gasteiger partial charge in [0, 0.05) is 34.8 Å². The first-order chi connectivity index (χ1) is 13.3. The van der Waals surface area contributed by atoms with Crippen molar-refractivity contribution in [3.05, 3.63) is 58.9 Å². The third kappa shape index (κ3) is 4.68.